The lowest BCUT2D eigenvalue weighted by Gasteiger charge is -2.11. The van der Waals surface area contributed by atoms with Crippen LogP contribution in [0.3, 0.4) is 0 Å². The molecule has 4 rings (SSSR count). The molecule has 26 heavy (non-hydrogen) atoms. The van der Waals surface area contributed by atoms with Crippen molar-refractivity contribution >= 4 is 21.5 Å². The molecular weight excluding hydrogens is 324 g/mol. The zero-order valence-corrected chi connectivity index (χ0v) is 13.6. The van der Waals surface area contributed by atoms with Crippen LogP contribution in [0.2, 0.25) is 0 Å². The van der Waals surface area contributed by atoms with Gasteiger partial charge in [0.05, 0.1) is 0 Å². The lowest BCUT2D eigenvalue weighted by Crippen LogP contribution is -1.87. The van der Waals surface area contributed by atoms with Crippen LogP contribution in [0.5, 0.6) is 11.5 Å². The first-order valence-electron chi connectivity index (χ1n) is 7.98. The third-order valence-electron chi connectivity index (χ3n) is 4.32. The van der Waals surface area contributed by atoms with Crippen LogP contribution in [0.25, 0.3) is 32.7 Å². The number of ether oxygens (including phenoxy) is 2. The molecule has 0 aliphatic carbocycles. The van der Waals surface area contributed by atoms with Crippen LogP contribution in [0.1, 0.15) is 0 Å². The van der Waals surface area contributed by atoms with E-state index >= 15 is 0 Å². The summed E-state index contributed by atoms with van der Waals surface area (Å²) in [7, 11) is 0. The fraction of sp³-hybridized carbons (Fsp3) is 0. The van der Waals surface area contributed by atoms with Gasteiger partial charge in [0.25, 0.3) is 12.5 Å². The minimum absolute atomic E-state index is 0.522. The molecule has 0 aromatic heterocycles. The second-order valence-corrected chi connectivity index (χ2v) is 5.76. The molecule has 0 unspecified atom stereocenters. The van der Waals surface area contributed by atoms with Gasteiger partial charge in [0.15, 0.2) is 0 Å². The van der Waals surface area contributed by atoms with Crippen molar-refractivity contribution in [3.63, 3.8) is 0 Å². The number of fused-ring (bicyclic) bond motifs is 2. The Labute approximate surface area is 150 Å². The van der Waals surface area contributed by atoms with E-state index in [0.29, 0.717) is 11.5 Å². The van der Waals surface area contributed by atoms with Gasteiger partial charge in [0.2, 0.25) is 0 Å². The van der Waals surface area contributed by atoms with Gasteiger partial charge in [-0.15, -0.1) is 10.5 Å². The number of hydrogen-bond donors (Lipinski definition) is 0. The maximum absolute atomic E-state index is 8.70. The van der Waals surface area contributed by atoms with Gasteiger partial charge in [-0.3, -0.25) is 0 Å². The lowest BCUT2D eigenvalue weighted by molar-refractivity contribution is 0.508. The summed E-state index contributed by atoms with van der Waals surface area (Å²) in [6.07, 6.45) is 3.40. The highest BCUT2D eigenvalue weighted by molar-refractivity contribution is 6.05. The first-order valence-corrected chi connectivity index (χ1v) is 7.98. The highest BCUT2D eigenvalue weighted by Gasteiger charge is 2.09. The van der Waals surface area contributed by atoms with E-state index in [1.807, 2.05) is 48.5 Å². The Hall–Kier alpha value is -4.02. The molecule has 0 saturated heterocycles. The van der Waals surface area contributed by atoms with Crippen molar-refractivity contribution < 1.29 is 9.47 Å². The number of benzene rings is 4. The van der Waals surface area contributed by atoms with Gasteiger partial charge in [0, 0.05) is 0 Å². The van der Waals surface area contributed by atoms with Crippen LogP contribution >= 0.6 is 0 Å². The molecule has 122 valence electrons. The van der Waals surface area contributed by atoms with Crippen LogP contribution in [0.15, 0.2) is 72.8 Å². The van der Waals surface area contributed by atoms with Gasteiger partial charge < -0.3 is 9.47 Å². The Morgan fingerprint density at radius 2 is 1.04 bits per heavy atom. The van der Waals surface area contributed by atoms with Crippen LogP contribution in [-0.4, -0.2) is 0 Å². The zero-order valence-electron chi connectivity index (χ0n) is 13.6. The number of nitrogens with zero attached hydrogens (tertiary/aromatic N) is 2. The molecule has 4 heteroatoms. The second-order valence-electron chi connectivity index (χ2n) is 5.76. The highest BCUT2D eigenvalue weighted by atomic mass is 16.5. The standard InChI is InChI=1S/C22H12N2O2/c23-13-25-17-7-9-19-15(11-17)3-1-5-21(19)22-6-2-4-16-12-18(26-14-24)8-10-20(16)22/h1-12H. The SMILES string of the molecule is N#COc1ccc2c(-c3cccc4cc(OC#N)ccc34)cccc2c1. The molecule has 0 radical (unpaired) electrons. The molecule has 0 amide bonds. The van der Waals surface area contributed by atoms with E-state index in [1.165, 1.54) is 0 Å². The monoisotopic (exact) mass is 336 g/mol. The van der Waals surface area contributed by atoms with E-state index in [-0.39, 0.29) is 0 Å². The zero-order chi connectivity index (χ0) is 17.9. The van der Waals surface area contributed by atoms with Crippen molar-refractivity contribution in [3.8, 4) is 35.1 Å². The van der Waals surface area contributed by atoms with Gasteiger partial charge in [-0.2, -0.15) is 0 Å². The summed E-state index contributed by atoms with van der Waals surface area (Å²) in [4.78, 5) is 0. The quantitative estimate of drug-likeness (QED) is 0.471. The van der Waals surface area contributed by atoms with Crippen molar-refractivity contribution in [1.29, 1.82) is 10.5 Å². The third kappa shape index (κ3) is 2.66. The fourth-order valence-electron chi connectivity index (χ4n) is 3.23. The summed E-state index contributed by atoms with van der Waals surface area (Å²) in [5, 5.41) is 21.5. The minimum Gasteiger partial charge on any atom is -0.388 e. The average molecular weight is 336 g/mol. The second kappa shape index (κ2) is 6.47. The van der Waals surface area contributed by atoms with Crippen LogP contribution in [0, 0.1) is 23.0 Å². The molecule has 0 fully saturated rings. The van der Waals surface area contributed by atoms with E-state index in [4.69, 9.17) is 20.0 Å². The maximum Gasteiger partial charge on any atom is 0.292 e. The maximum atomic E-state index is 8.70. The number of nitriles is 2. The predicted molar refractivity (Wildman–Crippen MR) is 99.4 cm³/mol. The molecule has 4 aromatic carbocycles. The minimum atomic E-state index is 0.522. The normalized spacial score (nSPS) is 10.2. The molecule has 0 N–H and O–H groups in total. The molecule has 0 heterocycles. The van der Waals surface area contributed by atoms with Gasteiger partial charge in [0.1, 0.15) is 11.5 Å². The van der Waals surface area contributed by atoms with Crippen molar-refractivity contribution in [2.75, 3.05) is 0 Å². The van der Waals surface area contributed by atoms with Crippen LogP contribution < -0.4 is 9.47 Å². The molecule has 0 bridgehead atoms. The smallest absolute Gasteiger partial charge is 0.292 e. The van der Waals surface area contributed by atoms with E-state index in [1.54, 1.807) is 24.6 Å². The van der Waals surface area contributed by atoms with Crippen molar-refractivity contribution in [3.05, 3.63) is 72.8 Å². The first-order chi connectivity index (χ1) is 12.8. The van der Waals surface area contributed by atoms with E-state index in [2.05, 4.69) is 12.1 Å². The summed E-state index contributed by atoms with van der Waals surface area (Å²) in [6.45, 7) is 0. The molecule has 4 nitrogen and oxygen atoms in total. The number of rotatable bonds is 3. The van der Waals surface area contributed by atoms with Gasteiger partial charge in [-0.25, -0.2) is 0 Å². The highest BCUT2D eigenvalue weighted by Crippen LogP contribution is 2.36. The van der Waals surface area contributed by atoms with Crippen molar-refractivity contribution in [2.24, 2.45) is 0 Å². The third-order valence-corrected chi connectivity index (χ3v) is 4.32. The molecule has 4 aromatic rings. The van der Waals surface area contributed by atoms with E-state index in [0.717, 1.165) is 32.7 Å². The molecule has 0 saturated carbocycles. The Balaban J connectivity index is 1.93. The molecule has 0 aliphatic rings. The van der Waals surface area contributed by atoms with Gasteiger partial charge >= 0.3 is 0 Å². The molecule has 0 spiro atoms. The summed E-state index contributed by atoms with van der Waals surface area (Å²) >= 11 is 0. The average Bonchev–Trinajstić information content (AvgIpc) is 2.67. The molecular formula is C22H12N2O2. The van der Waals surface area contributed by atoms with E-state index in [9.17, 15) is 0 Å². The topological polar surface area (TPSA) is 66.0 Å². The first kappa shape index (κ1) is 15.5. The predicted octanol–water partition coefficient (Wildman–Crippen LogP) is 5.38. The molecule has 0 aliphatic heterocycles. The lowest BCUT2D eigenvalue weighted by atomic mass is 9.94. The summed E-state index contributed by atoms with van der Waals surface area (Å²) < 4.78 is 9.86. The Bertz CT molecular complexity index is 1120. The largest absolute Gasteiger partial charge is 0.388 e. The summed E-state index contributed by atoms with van der Waals surface area (Å²) in [6, 6.07) is 23.3. The van der Waals surface area contributed by atoms with Crippen molar-refractivity contribution in [1.82, 2.24) is 0 Å². The van der Waals surface area contributed by atoms with Crippen molar-refractivity contribution in [2.45, 2.75) is 0 Å². The molecule has 0 atom stereocenters. The van der Waals surface area contributed by atoms with E-state index < -0.39 is 0 Å². The number of hydrogen-bond acceptors (Lipinski definition) is 4. The van der Waals surface area contributed by atoms with Crippen LogP contribution in [0.4, 0.5) is 0 Å². The Morgan fingerprint density at radius 1 is 0.577 bits per heavy atom. The van der Waals surface area contributed by atoms with Crippen LogP contribution in [-0.2, 0) is 0 Å². The summed E-state index contributed by atoms with van der Waals surface area (Å²) in [5.74, 6) is 1.04. The Morgan fingerprint density at radius 3 is 1.46 bits per heavy atom. The fourth-order valence-corrected chi connectivity index (χ4v) is 3.23. The van der Waals surface area contributed by atoms with Gasteiger partial charge in [-0.1, -0.05) is 48.5 Å². The summed E-state index contributed by atoms with van der Waals surface area (Å²) in [5.41, 5.74) is 2.18. The van der Waals surface area contributed by atoms with Gasteiger partial charge in [-0.05, 0) is 56.9 Å². The Kier molecular flexibility index (Phi) is 3.86.